The highest BCUT2D eigenvalue weighted by Crippen LogP contribution is 1.94. The van der Waals surface area contributed by atoms with Gasteiger partial charge in [0.25, 0.3) is 0 Å². The normalized spacial score (nSPS) is 8.25. The Kier molecular flexibility index (Phi) is 2.96. The van der Waals surface area contributed by atoms with Crippen LogP contribution in [0.2, 0.25) is 0 Å². The maximum Gasteiger partial charge on any atom is 0.0438 e. The van der Waals surface area contributed by atoms with Crippen LogP contribution in [0.5, 0.6) is 0 Å². The van der Waals surface area contributed by atoms with E-state index in [4.69, 9.17) is 0 Å². The summed E-state index contributed by atoms with van der Waals surface area (Å²) >= 11 is 0. The lowest BCUT2D eigenvalue weighted by atomic mass is 10.3. The summed E-state index contributed by atoms with van der Waals surface area (Å²) in [5.74, 6) is 0. The standard InChI is InChI=1S/C6H12N2/c1-5(2)6(3)8-7-4/h7-8H,1,3H2,2,4H3. The van der Waals surface area contributed by atoms with Crippen molar-refractivity contribution >= 4 is 0 Å². The zero-order valence-corrected chi connectivity index (χ0v) is 5.41. The third-order valence-corrected chi connectivity index (χ3v) is 0.791. The Labute approximate surface area is 50.3 Å². The Morgan fingerprint density at radius 3 is 2.00 bits per heavy atom. The average Bonchev–Trinajstić information content (AvgIpc) is 1.67. The van der Waals surface area contributed by atoms with Crippen LogP contribution in [0.4, 0.5) is 0 Å². The summed E-state index contributed by atoms with van der Waals surface area (Å²) in [6, 6.07) is 0. The molecule has 0 fully saturated rings. The van der Waals surface area contributed by atoms with Crippen molar-refractivity contribution in [1.82, 2.24) is 10.9 Å². The van der Waals surface area contributed by atoms with Crippen molar-refractivity contribution in [2.75, 3.05) is 7.05 Å². The molecule has 0 atom stereocenters. The lowest BCUT2D eigenvalue weighted by molar-refractivity contribution is 0.699. The second kappa shape index (κ2) is 3.27. The molecular weight excluding hydrogens is 100 g/mol. The van der Waals surface area contributed by atoms with Crippen LogP contribution in [-0.2, 0) is 0 Å². The second-order valence-corrected chi connectivity index (χ2v) is 1.63. The van der Waals surface area contributed by atoms with Crippen LogP contribution in [0, 0.1) is 0 Å². The molecule has 0 heterocycles. The number of hydrogen-bond acceptors (Lipinski definition) is 2. The van der Waals surface area contributed by atoms with Gasteiger partial charge in [-0.15, -0.1) is 0 Å². The molecule has 2 heteroatoms. The van der Waals surface area contributed by atoms with E-state index in [2.05, 4.69) is 24.0 Å². The highest BCUT2D eigenvalue weighted by atomic mass is 15.3. The van der Waals surface area contributed by atoms with E-state index >= 15 is 0 Å². The fourth-order valence-corrected chi connectivity index (χ4v) is 0.258. The summed E-state index contributed by atoms with van der Waals surface area (Å²) in [5.41, 5.74) is 7.31. The molecular formula is C6H12N2. The molecule has 0 amide bonds. The van der Waals surface area contributed by atoms with Crippen molar-refractivity contribution in [3.8, 4) is 0 Å². The predicted molar refractivity (Wildman–Crippen MR) is 36.1 cm³/mol. The molecule has 0 spiro atoms. The van der Waals surface area contributed by atoms with E-state index in [-0.39, 0.29) is 0 Å². The maximum atomic E-state index is 3.67. The topological polar surface area (TPSA) is 24.1 Å². The van der Waals surface area contributed by atoms with E-state index in [0.29, 0.717) is 0 Å². The molecule has 0 aliphatic rings. The van der Waals surface area contributed by atoms with Gasteiger partial charge >= 0.3 is 0 Å². The SMILES string of the molecule is C=C(C)C(=C)NNC. The van der Waals surface area contributed by atoms with Crippen LogP contribution in [0.1, 0.15) is 6.92 Å². The maximum absolute atomic E-state index is 3.67. The third kappa shape index (κ3) is 2.42. The second-order valence-electron chi connectivity index (χ2n) is 1.63. The molecule has 0 aliphatic carbocycles. The Morgan fingerprint density at radius 1 is 1.38 bits per heavy atom. The summed E-state index contributed by atoms with van der Waals surface area (Å²) in [6.45, 7) is 9.24. The van der Waals surface area contributed by atoms with E-state index in [1.807, 2.05) is 6.92 Å². The van der Waals surface area contributed by atoms with Gasteiger partial charge in [-0.05, 0) is 12.5 Å². The Morgan fingerprint density at radius 2 is 1.88 bits per heavy atom. The Bertz CT molecular complexity index is 105. The van der Waals surface area contributed by atoms with Gasteiger partial charge in [-0.1, -0.05) is 13.2 Å². The monoisotopic (exact) mass is 112 g/mol. The molecule has 0 rings (SSSR count). The first-order valence-electron chi connectivity index (χ1n) is 2.46. The quantitative estimate of drug-likeness (QED) is 0.417. The minimum absolute atomic E-state index is 0.826. The molecule has 0 bridgehead atoms. The van der Waals surface area contributed by atoms with Gasteiger partial charge in [0.05, 0.1) is 0 Å². The third-order valence-electron chi connectivity index (χ3n) is 0.791. The highest BCUT2D eigenvalue weighted by Gasteiger charge is 1.86. The first-order valence-corrected chi connectivity index (χ1v) is 2.46. The van der Waals surface area contributed by atoms with Crippen molar-refractivity contribution in [2.24, 2.45) is 0 Å². The molecule has 2 N–H and O–H groups in total. The molecule has 0 aliphatic heterocycles. The van der Waals surface area contributed by atoms with Crippen LogP contribution in [0.3, 0.4) is 0 Å². The predicted octanol–water partition coefficient (Wildman–Crippen LogP) is 0.800. The smallest absolute Gasteiger partial charge is 0.0438 e. The molecule has 46 valence electrons. The summed E-state index contributed by atoms with van der Waals surface area (Å²) in [7, 11) is 1.79. The van der Waals surface area contributed by atoms with Crippen LogP contribution in [0.15, 0.2) is 24.4 Å². The van der Waals surface area contributed by atoms with Crippen molar-refractivity contribution in [3.05, 3.63) is 24.4 Å². The number of allylic oxidation sites excluding steroid dienone is 1. The van der Waals surface area contributed by atoms with Crippen molar-refractivity contribution in [1.29, 1.82) is 0 Å². The molecule has 0 saturated carbocycles. The summed E-state index contributed by atoms with van der Waals surface area (Å²) in [5, 5.41) is 0. The first-order chi connectivity index (χ1) is 3.68. The first kappa shape index (κ1) is 7.24. The van der Waals surface area contributed by atoms with Gasteiger partial charge < -0.3 is 5.43 Å². The molecule has 2 nitrogen and oxygen atoms in total. The van der Waals surface area contributed by atoms with Crippen molar-refractivity contribution in [2.45, 2.75) is 6.92 Å². The molecule has 8 heavy (non-hydrogen) atoms. The number of hydrazine groups is 1. The molecule has 0 unspecified atom stereocenters. The number of rotatable bonds is 3. The highest BCUT2D eigenvalue weighted by molar-refractivity contribution is 5.19. The van der Waals surface area contributed by atoms with Crippen molar-refractivity contribution < 1.29 is 0 Å². The minimum Gasteiger partial charge on any atom is -0.322 e. The zero-order valence-electron chi connectivity index (χ0n) is 5.41. The van der Waals surface area contributed by atoms with Gasteiger partial charge in [0.1, 0.15) is 0 Å². The summed E-state index contributed by atoms with van der Waals surface area (Å²) in [4.78, 5) is 0. The molecule has 0 aromatic heterocycles. The lowest BCUT2D eigenvalue weighted by Gasteiger charge is -2.04. The summed E-state index contributed by atoms with van der Waals surface area (Å²) in [6.07, 6.45) is 0. The molecule has 0 aromatic carbocycles. The van der Waals surface area contributed by atoms with E-state index in [0.717, 1.165) is 11.3 Å². The fraction of sp³-hybridized carbons (Fsp3) is 0.333. The number of hydrogen-bond donors (Lipinski definition) is 2. The van der Waals surface area contributed by atoms with Crippen LogP contribution >= 0.6 is 0 Å². The van der Waals surface area contributed by atoms with Crippen LogP contribution < -0.4 is 10.9 Å². The largest absolute Gasteiger partial charge is 0.322 e. The van der Waals surface area contributed by atoms with Crippen LogP contribution in [-0.4, -0.2) is 7.05 Å². The fourth-order valence-electron chi connectivity index (χ4n) is 0.258. The van der Waals surface area contributed by atoms with E-state index in [1.165, 1.54) is 0 Å². The molecule has 0 saturated heterocycles. The summed E-state index contributed by atoms with van der Waals surface area (Å²) < 4.78 is 0. The average molecular weight is 112 g/mol. The lowest BCUT2D eigenvalue weighted by Crippen LogP contribution is -2.26. The van der Waals surface area contributed by atoms with E-state index in [9.17, 15) is 0 Å². The van der Waals surface area contributed by atoms with E-state index in [1.54, 1.807) is 7.05 Å². The van der Waals surface area contributed by atoms with Gasteiger partial charge in [-0.25, -0.2) is 5.43 Å². The van der Waals surface area contributed by atoms with Gasteiger partial charge in [-0.3, -0.25) is 0 Å². The molecule has 0 radical (unpaired) electrons. The number of nitrogens with one attached hydrogen (secondary N) is 2. The van der Waals surface area contributed by atoms with Crippen LogP contribution in [0.25, 0.3) is 0 Å². The van der Waals surface area contributed by atoms with E-state index < -0.39 is 0 Å². The van der Waals surface area contributed by atoms with Crippen molar-refractivity contribution in [3.63, 3.8) is 0 Å². The van der Waals surface area contributed by atoms with Gasteiger partial charge in [-0.2, -0.15) is 0 Å². The van der Waals surface area contributed by atoms with Gasteiger partial charge in [0, 0.05) is 12.7 Å². The Balaban J connectivity index is 3.49. The van der Waals surface area contributed by atoms with Gasteiger partial charge in [0.15, 0.2) is 0 Å². The Hall–Kier alpha value is -0.760. The molecule has 0 aromatic rings. The van der Waals surface area contributed by atoms with Gasteiger partial charge in [0.2, 0.25) is 0 Å². The zero-order chi connectivity index (χ0) is 6.57. The minimum atomic E-state index is 0.826.